The Balaban J connectivity index is 1.75. The van der Waals surface area contributed by atoms with Crippen molar-refractivity contribution in [2.75, 3.05) is 20.8 Å². The van der Waals surface area contributed by atoms with E-state index in [1.165, 1.54) is 14.2 Å². The monoisotopic (exact) mass is 565 g/mol. The summed E-state index contributed by atoms with van der Waals surface area (Å²) in [6.45, 7) is 6.03. The SMILES string of the molecule is CCO/N=C(/C(C)=NOCc1ccccc1C(=NOC)C(=O)OC)c1ccc(OC(C)c2ccc(Cl)cc2)cc1. The van der Waals surface area contributed by atoms with Gasteiger partial charge in [0.1, 0.15) is 43.6 Å². The van der Waals surface area contributed by atoms with Gasteiger partial charge < -0.3 is 24.0 Å². The number of esters is 1. The van der Waals surface area contributed by atoms with Gasteiger partial charge in [-0.25, -0.2) is 4.79 Å². The smallest absolute Gasteiger partial charge is 0.360 e. The van der Waals surface area contributed by atoms with E-state index in [1.54, 1.807) is 25.1 Å². The fourth-order valence-electron chi connectivity index (χ4n) is 3.66. The molecule has 0 radical (unpaired) electrons. The minimum Gasteiger partial charge on any atom is -0.486 e. The van der Waals surface area contributed by atoms with E-state index in [1.807, 2.05) is 68.4 Å². The van der Waals surface area contributed by atoms with Gasteiger partial charge in [0, 0.05) is 21.7 Å². The van der Waals surface area contributed by atoms with Crippen molar-refractivity contribution in [2.45, 2.75) is 33.5 Å². The lowest BCUT2D eigenvalue weighted by Crippen LogP contribution is -2.19. The second-order valence-electron chi connectivity index (χ2n) is 8.42. The summed E-state index contributed by atoms with van der Waals surface area (Å²) in [6, 6.07) is 22.1. The van der Waals surface area contributed by atoms with Crippen molar-refractivity contribution >= 4 is 34.7 Å². The van der Waals surface area contributed by atoms with Crippen molar-refractivity contribution in [3.63, 3.8) is 0 Å². The van der Waals surface area contributed by atoms with Crippen LogP contribution in [0.3, 0.4) is 0 Å². The predicted octanol–water partition coefficient (Wildman–Crippen LogP) is 6.34. The Hall–Kier alpha value is -4.37. The second kappa shape index (κ2) is 15.3. The van der Waals surface area contributed by atoms with Crippen LogP contribution in [0.2, 0.25) is 5.02 Å². The lowest BCUT2D eigenvalue weighted by Gasteiger charge is -2.15. The Labute approximate surface area is 239 Å². The molecule has 0 aliphatic carbocycles. The lowest BCUT2D eigenvalue weighted by molar-refractivity contribution is -0.132. The van der Waals surface area contributed by atoms with Gasteiger partial charge in [-0.3, -0.25) is 0 Å². The molecule has 3 aromatic rings. The molecule has 1 atom stereocenters. The summed E-state index contributed by atoms with van der Waals surface area (Å²) in [5, 5.41) is 13.0. The maximum atomic E-state index is 12.2. The van der Waals surface area contributed by atoms with Crippen LogP contribution in [0.5, 0.6) is 5.75 Å². The van der Waals surface area contributed by atoms with Crippen molar-refractivity contribution in [3.05, 3.63) is 100 Å². The molecule has 3 rings (SSSR count). The number of hydrogen-bond acceptors (Lipinski definition) is 9. The molecule has 0 amide bonds. The summed E-state index contributed by atoms with van der Waals surface area (Å²) < 4.78 is 10.9. The zero-order chi connectivity index (χ0) is 28.9. The minimum absolute atomic E-state index is 0.0242. The van der Waals surface area contributed by atoms with Crippen molar-refractivity contribution in [1.29, 1.82) is 0 Å². The van der Waals surface area contributed by atoms with E-state index in [0.717, 1.165) is 11.1 Å². The number of carbonyl (C=O) groups is 1. The largest absolute Gasteiger partial charge is 0.486 e. The first-order valence-corrected chi connectivity index (χ1v) is 12.9. The third-order valence-corrected chi connectivity index (χ3v) is 5.91. The molecule has 0 saturated carbocycles. The van der Waals surface area contributed by atoms with E-state index in [0.29, 0.717) is 39.9 Å². The summed E-state index contributed by atoms with van der Waals surface area (Å²) in [5.41, 5.74) is 3.98. The molecule has 1 unspecified atom stereocenters. The Bertz CT molecular complexity index is 1350. The van der Waals surface area contributed by atoms with Gasteiger partial charge in [-0.15, -0.1) is 0 Å². The summed E-state index contributed by atoms with van der Waals surface area (Å²) in [5.74, 6) is 0.0682. The van der Waals surface area contributed by atoms with Gasteiger partial charge >= 0.3 is 5.97 Å². The molecule has 0 N–H and O–H groups in total. The molecule has 40 heavy (non-hydrogen) atoms. The average molecular weight is 566 g/mol. The van der Waals surface area contributed by atoms with Gasteiger partial charge in [-0.05, 0) is 62.7 Å². The van der Waals surface area contributed by atoms with Crippen molar-refractivity contribution in [3.8, 4) is 5.75 Å². The molecule has 3 aromatic carbocycles. The van der Waals surface area contributed by atoms with Crippen LogP contribution in [-0.4, -0.2) is 43.9 Å². The fraction of sp³-hybridized carbons (Fsp3) is 0.267. The summed E-state index contributed by atoms with van der Waals surface area (Å²) >= 11 is 5.99. The number of hydrogen-bond donors (Lipinski definition) is 0. The zero-order valence-electron chi connectivity index (χ0n) is 23.1. The molecule has 10 heteroatoms. The van der Waals surface area contributed by atoms with Gasteiger partial charge in [0.2, 0.25) is 0 Å². The van der Waals surface area contributed by atoms with Gasteiger partial charge in [0.15, 0.2) is 5.71 Å². The van der Waals surface area contributed by atoms with Crippen LogP contribution in [0.15, 0.2) is 88.3 Å². The average Bonchev–Trinajstić information content (AvgIpc) is 2.97. The fourth-order valence-corrected chi connectivity index (χ4v) is 3.78. The van der Waals surface area contributed by atoms with Crippen LogP contribution in [0.1, 0.15) is 49.1 Å². The molecule has 0 aliphatic heterocycles. The Kier molecular flexibility index (Phi) is 11.5. The van der Waals surface area contributed by atoms with Crippen molar-refractivity contribution in [1.82, 2.24) is 0 Å². The van der Waals surface area contributed by atoms with Crippen LogP contribution in [0.4, 0.5) is 0 Å². The number of ether oxygens (including phenoxy) is 2. The maximum absolute atomic E-state index is 12.2. The summed E-state index contributed by atoms with van der Waals surface area (Å²) in [4.78, 5) is 28.0. The first kappa shape index (κ1) is 30.2. The lowest BCUT2D eigenvalue weighted by atomic mass is 10.0. The van der Waals surface area contributed by atoms with E-state index in [9.17, 15) is 4.79 Å². The first-order chi connectivity index (χ1) is 19.4. The normalized spacial score (nSPS) is 12.9. The molecular formula is C30H32ClN3O6. The zero-order valence-corrected chi connectivity index (χ0v) is 23.8. The Morgan fingerprint density at radius 3 is 2.23 bits per heavy atom. The molecule has 0 saturated heterocycles. The van der Waals surface area contributed by atoms with Crippen LogP contribution < -0.4 is 4.74 Å². The van der Waals surface area contributed by atoms with Gasteiger partial charge in [0.25, 0.3) is 0 Å². The van der Waals surface area contributed by atoms with E-state index in [4.69, 9.17) is 35.6 Å². The predicted molar refractivity (Wildman–Crippen MR) is 155 cm³/mol. The standard InChI is InChI=1S/C30H32ClN3O6/c1-6-38-34-28(23-13-17-26(18-14-23)40-21(3)22-11-15-25(31)16-12-22)20(2)32-39-19-24-9-7-8-10-27(24)29(33-37-5)30(35)36-4/h7-18,21H,6,19H2,1-5H3/b32-20?,33-29?,34-28-. The highest BCUT2D eigenvalue weighted by atomic mass is 35.5. The number of benzene rings is 3. The highest BCUT2D eigenvalue weighted by molar-refractivity contribution is 6.47. The number of halogens is 1. The number of nitrogens with zero attached hydrogens (tertiary/aromatic N) is 3. The van der Waals surface area contributed by atoms with Crippen LogP contribution >= 0.6 is 11.6 Å². The molecule has 0 spiro atoms. The topological polar surface area (TPSA) is 100 Å². The number of rotatable bonds is 13. The van der Waals surface area contributed by atoms with Gasteiger partial charge in [0.05, 0.1) is 7.11 Å². The van der Waals surface area contributed by atoms with E-state index in [2.05, 4.69) is 15.5 Å². The van der Waals surface area contributed by atoms with Crippen LogP contribution in [0.25, 0.3) is 0 Å². The molecule has 0 heterocycles. The van der Waals surface area contributed by atoms with E-state index < -0.39 is 5.97 Å². The summed E-state index contributed by atoms with van der Waals surface area (Å²) in [7, 11) is 2.63. The van der Waals surface area contributed by atoms with E-state index in [-0.39, 0.29) is 18.4 Å². The second-order valence-corrected chi connectivity index (χ2v) is 8.85. The highest BCUT2D eigenvalue weighted by Gasteiger charge is 2.19. The summed E-state index contributed by atoms with van der Waals surface area (Å²) in [6.07, 6.45) is -0.159. The third kappa shape index (κ3) is 8.31. The van der Waals surface area contributed by atoms with Gasteiger partial charge in [-0.1, -0.05) is 63.5 Å². The first-order valence-electron chi connectivity index (χ1n) is 12.5. The number of carbonyl (C=O) groups excluding carboxylic acids is 1. The molecule has 0 bridgehead atoms. The van der Waals surface area contributed by atoms with E-state index >= 15 is 0 Å². The minimum atomic E-state index is -0.630. The molecular weight excluding hydrogens is 534 g/mol. The highest BCUT2D eigenvalue weighted by Crippen LogP contribution is 2.24. The molecule has 0 aliphatic rings. The van der Waals surface area contributed by atoms with Gasteiger partial charge in [-0.2, -0.15) is 0 Å². The Morgan fingerprint density at radius 1 is 0.875 bits per heavy atom. The van der Waals surface area contributed by atoms with Crippen LogP contribution in [-0.2, 0) is 30.7 Å². The van der Waals surface area contributed by atoms with Crippen molar-refractivity contribution in [2.24, 2.45) is 15.5 Å². The number of methoxy groups -OCH3 is 1. The Morgan fingerprint density at radius 2 is 1.57 bits per heavy atom. The third-order valence-electron chi connectivity index (χ3n) is 5.66. The molecule has 0 fully saturated rings. The van der Waals surface area contributed by atoms with Crippen molar-refractivity contribution < 1.29 is 28.8 Å². The maximum Gasteiger partial charge on any atom is 0.360 e. The quantitative estimate of drug-likeness (QED) is 0.136. The number of oxime groups is 3. The molecule has 0 aromatic heterocycles. The molecule has 9 nitrogen and oxygen atoms in total. The molecule has 210 valence electrons. The van der Waals surface area contributed by atoms with Crippen LogP contribution in [0, 0.1) is 0 Å².